The van der Waals surface area contributed by atoms with Gasteiger partial charge in [-0.1, -0.05) is 60.7 Å². The molecule has 7 nitrogen and oxygen atoms in total. The van der Waals surface area contributed by atoms with Crippen molar-refractivity contribution in [3.8, 4) is 0 Å². The molecule has 7 heteroatoms. The van der Waals surface area contributed by atoms with Crippen LogP contribution in [0.15, 0.2) is 84.9 Å². The third kappa shape index (κ3) is 4.67. The van der Waals surface area contributed by atoms with E-state index in [1.165, 1.54) is 12.1 Å². The molecule has 1 saturated heterocycles. The molecule has 3 aromatic carbocycles. The minimum absolute atomic E-state index is 0.102. The first-order valence-electron chi connectivity index (χ1n) is 10.4. The second kappa shape index (κ2) is 9.48. The first-order chi connectivity index (χ1) is 16.0. The molecule has 0 radical (unpaired) electrons. The van der Waals surface area contributed by atoms with Crippen LogP contribution in [0.3, 0.4) is 0 Å². The van der Waals surface area contributed by atoms with E-state index in [4.69, 9.17) is 9.84 Å². The van der Waals surface area contributed by atoms with Crippen molar-refractivity contribution in [2.45, 2.75) is 19.1 Å². The van der Waals surface area contributed by atoms with Crippen LogP contribution in [0.5, 0.6) is 0 Å². The number of carboxylic acid groups (broad SMARTS) is 1. The van der Waals surface area contributed by atoms with E-state index < -0.39 is 35.7 Å². The molecule has 1 heterocycles. The van der Waals surface area contributed by atoms with Gasteiger partial charge in [0.15, 0.2) is 0 Å². The van der Waals surface area contributed by atoms with E-state index in [0.717, 1.165) is 10.5 Å². The van der Waals surface area contributed by atoms with Crippen molar-refractivity contribution in [3.05, 3.63) is 107 Å². The molecule has 0 spiro atoms. The minimum atomic E-state index is -1.05. The van der Waals surface area contributed by atoms with Crippen LogP contribution < -0.4 is 0 Å². The van der Waals surface area contributed by atoms with Crippen molar-refractivity contribution < 1.29 is 29.0 Å². The number of amides is 2. The number of imide groups is 1. The highest BCUT2D eigenvalue weighted by Crippen LogP contribution is 2.33. The zero-order chi connectivity index (χ0) is 23.4. The molecule has 0 bridgehead atoms. The molecule has 1 N–H and O–H groups in total. The number of hydrogen-bond donors (Lipinski definition) is 1. The summed E-state index contributed by atoms with van der Waals surface area (Å²) in [5.74, 6) is -3.40. The number of carboxylic acids is 1. The summed E-state index contributed by atoms with van der Waals surface area (Å²) in [6.45, 7) is -0.102. The summed E-state index contributed by atoms with van der Waals surface area (Å²) in [6.07, 6.45) is 0.311. The zero-order valence-electron chi connectivity index (χ0n) is 17.6. The van der Waals surface area contributed by atoms with E-state index >= 15 is 0 Å². The third-order valence-electron chi connectivity index (χ3n) is 5.58. The highest BCUT2D eigenvalue weighted by atomic mass is 16.5. The fourth-order valence-electron chi connectivity index (χ4n) is 3.81. The summed E-state index contributed by atoms with van der Waals surface area (Å²) >= 11 is 0. The van der Waals surface area contributed by atoms with Gasteiger partial charge in [-0.25, -0.2) is 9.59 Å². The number of carbonyl (C=O) groups is 4. The summed E-state index contributed by atoms with van der Waals surface area (Å²) in [6, 6.07) is 22.5. The number of likely N-dealkylation sites (tertiary alicyclic amines) is 1. The summed E-state index contributed by atoms with van der Waals surface area (Å²) in [4.78, 5) is 50.8. The van der Waals surface area contributed by atoms with E-state index in [-0.39, 0.29) is 12.2 Å². The first kappa shape index (κ1) is 22.0. The van der Waals surface area contributed by atoms with E-state index in [2.05, 4.69) is 0 Å². The van der Waals surface area contributed by atoms with E-state index in [0.29, 0.717) is 17.5 Å². The number of ether oxygens (including phenoxy) is 1. The van der Waals surface area contributed by atoms with Crippen LogP contribution in [-0.2, 0) is 27.4 Å². The first-order valence-corrected chi connectivity index (χ1v) is 10.4. The summed E-state index contributed by atoms with van der Waals surface area (Å²) in [5, 5.41) is 9.00. The summed E-state index contributed by atoms with van der Waals surface area (Å²) in [7, 11) is 0. The van der Waals surface area contributed by atoms with Crippen molar-refractivity contribution in [2.75, 3.05) is 0 Å². The van der Waals surface area contributed by atoms with E-state index in [1.54, 1.807) is 42.5 Å². The molecule has 166 valence electrons. The van der Waals surface area contributed by atoms with Gasteiger partial charge < -0.3 is 9.84 Å². The lowest BCUT2D eigenvalue weighted by atomic mass is 9.81. The van der Waals surface area contributed by atoms with Crippen LogP contribution in [0.1, 0.15) is 31.8 Å². The largest absolute Gasteiger partial charge is 0.478 e. The average Bonchev–Trinajstić information content (AvgIpc) is 2.85. The van der Waals surface area contributed by atoms with E-state index in [1.807, 2.05) is 30.3 Å². The Morgan fingerprint density at radius 1 is 0.788 bits per heavy atom. The number of esters is 1. The van der Waals surface area contributed by atoms with Crippen LogP contribution in [0, 0.1) is 5.92 Å². The van der Waals surface area contributed by atoms with Gasteiger partial charge in [0.05, 0.1) is 11.5 Å². The molecule has 0 unspecified atom stereocenters. The maximum Gasteiger partial charge on any atom is 0.335 e. The Morgan fingerprint density at radius 3 is 2.00 bits per heavy atom. The number of β-lactam (4-membered cyclic amide) rings is 1. The van der Waals surface area contributed by atoms with Crippen LogP contribution >= 0.6 is 0 Å². The highest BCUT2D eigenvalue weighted by molar-refractivity contribution is 6.13. The molecule has 4 rings (SSSR count). The maximum atomic E-state index is 13.0. The molecule has 0 saturated carbocycles. The fourth-order valence-corrected chi connectivity index (χ4v) is 3.81. The predicted octanol–water partition coefficient (Wildman–Crippen LogP) is 3.34. The molecular weight excluding hydrogens is 422 g/mol. The van der Waals surface area contributed by atoms with Crippen molar-refractivity contribution in [1.29, 1.82) is 0 Å². The molecule has 1 aliphatic heterocycles. The van der Waals surface area contributed by atoms with Crippen molar-refractivity contribution in [3.63, 3.8) is 0 Å². The summed E-state index contributed by atoms with van der Waals surface area (Å²) < 4.78 is 5.43. The minimum Gasteiger partial charge on any atom is -0.478 e. The van der Waals surface area contributed by atoms with Gasteiger partial charge >= 0.3 is 11.9 Å². The van der Waals surface area contributed by atoms with Gasteiger partial charge in [0, 0.05) is 5.56 Å². The molecule has 3 aromatic rings. The van der Waals surface area contributed by atoms with Gasteiger partial charge in [0.1, 0.15) is 12.6 Å². The van der Waals surface area contributed by atoms with Crippen LogP contribution in [-0.4, -0.2) is 39.8 Å². The Kier molecular flexibility index (Phi) is 6.31. The number of benzene rings is 3. The Morgan fingerprint density at radius 2 is 1.39 bits per heavy atom. The van der Waals surface area contributed by atoms with Gasteiger partial charge in [-0.3, -0.25) is 14.5 Å². The SMILES string of the molecule is O=C(O)c1ccc(COC(=O)[C@H]2[C@@H](Cc3ccccc3)C(=O)N2C(=O)c2ccccc2)cc1. The molecule has 0 aliphatic carbocycles. The number of aromatic carboxylic acids is 1. The number of nitrogens with zero attached hydrogens (tertiary/aromatic N) is 1. The maximum absolute atomic E-state index is 13.0. The molecule has 2 atom stereocenters. The molecule has 0 aromatic heterocycles. The Bertz CT molecular complexity index is 1170. The van der Waals surface area contributed by atoms with Gasteiger partial charge in [0.2, 0.25) is 5.91 Å². The lowest BCUT2D eigenvalue weighted by Gasteiger charge is -2.43. The van der Waals surface area contributed by atoms with Crippen LogP contribution in [0.25, 0.3) is 0 Å². The fraction of sp³-hybridized carbons (Fsp3) is 0.154. The molecule has 33 heavy (non-hydrogen) atoms. The second-order valence-electron chi connectivity index (χ2n) is 7.73. The smallest absolute Gasteiger partial charge is 0.335 e. The number of carbonyl (C=O) groups excluding carboxylic acids is 3. The quantitative estimate of drug-likeness (QED) is 0.342. The molecule has 1 aliphatic rings. The Labute approximate surface area is 190 Å². The zero-order valence-corrected chi connectivity index (χ0v) is 17.6. The lowest BCUT2D eigenvalue weighted by Crippen LogP contribution is -2.67. The van der Waals surface area contributed by atoms with Crippen LogP contribution in [0.2, 0.25) is 0 Å². The van der Waals surface area contributed by atoms with Crippen molar-refractivity contribution in [2.24, 2.45) is 5.92 Å². The van der Waals surface area contributed by atoms with Gasteiger partial charge in [-0.15, -0.1) is 0 Å². The van der Waals surface area contributed by atoms with Crippen molar-refractivity contribution >= 4 is 23.8 Å². The van der Waals surface area contributed by atoms with Crippen molar-refractivity contribution in [1.82, 2.24) is 4.90 Å². The Hall–Kier alpha value is -4.26. The summed E-state index contributed by atoms with van der Waals surface area (Å²) in [5.41, 5.74) is 1.91. The third-order valence-corrected chi connectivity index (χ3v) is 5.58. The normalized spacial score (nSPS) is 17.2. The van der Waals surface area contributed by atoms with E-state index in [9.17, 15) is 19.2 Å². The van der Waals surface area contributed by atoms with Gasteiger partial charge in [-0.05, 0) is 41.8 Å². The standard InChI is InChI=1S/C26H21NO6/c28-23(19-9-5-2-6-10-19)27-22(21(24(27)29)15-17-7-3-1-4-8-17)26(32)33-16-18-11-13-20(14-12-18)25(30)31/h1-14,21-22H,15-16H2,(H,30,31)/t21-,22-/m1/s1. The topological polar surface area (TPSA) is 101 Å². The highest BCUT2D eigenvalue weighted by Gasteiger charge is 2.55. The predicted molar refractivity (Wildman–Crippen MR) is 118 cm³/mol. The Balaban J connectivity index is 1.52. The monoisotopic (exact) mass is 443 g/mol. The molecule has 1 fully saturated rings. The van der Waals surface area contributed by atoms with Gasteiger partial charge in [0.25, 0.3) is 5.91 Å². The second-order valence-corrected chi connectivity index (χ2v) is 7.73. The number of hydrogen-bond acceptors (Lipinski definition) is 5. The molecular formula is C26H21NO6. The van der Waals surface area contributed by atoms with Crippen LogP contribution in [0.4, 0.5) is 0 Å². The molecule has 2 amide bonds. The van der Waals surface area contributed by atoms with Gasteiger partial charge in [-0.2, -0.15) is 0 Å². The lowest BCUT2D eigenvalue weighted by molar-refractivity contribution is -0.170. The number of rotatable bonds is 7. The average molecular weight is 443 g/mol.